The van der Waals surface area contributed by atoms with Crippen LogP contribution in [-0.4, -0.2) is 45.7 Å². The zero-order valence-corrected chi connectivity index (χ0v) is 18.9. The molecule has 1 amide bonds. The molecule has 7 nitrogen and oxygen atoms in total. The van der Waals surface area contributed by atoms with Crippen LogP contribution in [0, 0.1) is 0 Å². The van der Waals surface area contributed by atoms with Gasteiger partial charge in [0.1, 0.15) is 0 Å². The van der Waals surface area contributed by atoms with Crippen LogP contribution in [0.5, 0.6) is 0 Å². The molecule has 2 aromatic carbocycles. The Bertz CT molecular complexity index is 1170. The number of nitrogens with two attached hydrogens (primary N) is 1. The largest absolute Gasteiger partial charge is 0.490 e. The number of alkyl halides is 3. The van der Waals surface area contributed by atoms with Crippen LogP contribution in [-0.2, 0) is 16.0 Å². The number of hydrogen-bond acceptors (Lipinski definition) is 4. The second-order valence-electron chi connectivity index (χ2n) is 7.67. The van der Waals surface area contributed by atoms with Gasteiger partial charge in [0.15, 0.2) is 0 Å². The van der Waals surface area contributed by atoms with Crippen LogP contribution >= 0.6 is 0 Å². The summed E-state index contributed by atoms with van der Waals surface area (Å²) in [7, 11) is 0. The summed E-state index contributed by atoms with van der Waals surface area (Å²) >= 11 is 0. The molecule has 4 N–H and O–H groups in total. The molecule has 2 atom stereocenters. The number of nitrogens with zero attached hydrogens (tertiary/aromatic N) is 1. The minimum absolute atomic E-state index is 0.126. The third-order valence-electron chi connectivity index (χ3n) is 5.03. The Hall–Kier alpha value is -3.92. The fourth-order valence-electron chi connectivity index (χ4n) is 3.16. The second-order valence-corrected chi connectivity index (χ2v) is 7.67. The molecule has 1 heterocycles. The fourth-order valence-corrected chi connectivity index (χ4v) is 3.16. The highest BCUT2D eigenvalue weighted by molar-refractivity contribution is 5.98. The van der Waals surface area contributed by atoms with Crippen molar-refractivity contribution in [3.63, 3.8) is 0 Å². The lowest BCUT2D eigenvalue weighted by Gasteiger charge is -2.19. The van der Waals surface area contributed by atoms with Crippen molar-refractivity contribution in [2.24, 2.45) is 5.73 Å². The lowest BCUT2D eigenvalue weighted by atomic mass is 10.0. The van der Waals surface area contributed by atoms with Crippen molar-refractivity contribution in [2.75, 3.05) is 0 Å². The summed E-state index contributed by atoms with van der Waals surface area (Å²) < 4.78 is 33.4. The number of para-hydroxylation sites is 1. The maximum Gasteiger partial charge on any atom is 0.490 e. The summed E-state index contributed by atoms with van der Waals surface area (Å²) in [4.78, 5) is 33.0. The van der Waals surface area contributed by atoms with E-state index < -0.39 is 24.1 Å². The minimum atomic E-state index is -5.08. The Morgan fingerprint density at radius 2 is 1.66 bits per heavy atom. The lowest BCUT2D eigenvalue weighted by Crippen LogP contribution is -2.44. The Morgan fingerprint density at radius 1 is 1.06 bits per heavy atom. The summed E-state index contributed by atoms with van der Waals surface area (Å²) in [6.07, 6.45) is 1.64. The molecule has 0 aliphatic heterocycles. The molecule has 0 fully saturated rings. The van der Waals surface area contributed by atoms with E-state index in [9.17, 15) is 22.8 Å². The van der Waals surface area contributed by atoms with Gasteiger partial charge in [-0.25, -0.2) is 4.79 Å². The molecule has 0 aliphatic rings. The summed E-state index contributed by atoms with van der Waals surface area (Å²) in [5, 5.41) is 11.3. The van der Waals surface area contributed by atoms with E-state index in [1.54, 1.807) is 23.8 Å². The molecular weight excluding hydrogens is 463 g/mol. The van der Waals surface area contributed by atoms with E-state index >= 15 is 0 Å². The number of carbonyl (C=O) groups is 3. The Balaban J connectivity index is 0.000000540. The number of aliphatic carboxylic acids is 1. The summed E-state index contributed by atoms with van der Waals surface area (Å²) in [6, 6.07) is 19.2. The number of amides is 1. The van der Waals surface area contributed by atoms with Crippen molar-refractivity contribution in [1.82, 2.24) is 9.88 Å². The number of carboxylic acid groups (broad SMARTS) is 1. The first kappa shape index (κ1) is 27.3. The topological polar surface area (TPSA) is 114 Å². The molecule has 3 rings (SSSR count). The second kappa shape index (κ2) is 12.5. The quantitative estimate of drug-likeness (QED) is 0.415. The number of rotatable bonds is 8. The maximum absolute atomic E-state index is 12.7. The zero-order valence-electron chi connectivity index (χ0n) is 18.9. The molecular formula is C25H26F3N3O4. The molecule has 0 bridgehead atoms. The molecule has 1 aromatic heterocycles. The van der Waals surface area contributed by atoms with Crippen LogP contribution in [0.2, 0.25) is 0 Å². The Kier molecular flexibility index (Phi) is 9.77. The van der Waals surface area contributed by atoms with Gasteiger partial charge in [-0.05, 0) is 37.5 Å². The van der Waals surface area contributed by atoms with E-state index in [1.165, 1.54) is 5.56 Å². The number of primary amides is 1. The maximum atomic E-state index is 12.7. The van der Waals surface area contributed by atoms with Gasteiger partial charge >= 0.3 is 12.1 Å². The van der Waals surface area contributed by atoms with Crippen molar-refractivity contribution in [2.45, 2.75) is 38.0 Å². The molecule has 10 heteroatoms. The van der Waals surface area contributed by atoms with Crippen LogP contribution in [0.4, 0.5) is 13.2 Å². The standard InChI is InChI=1S/C23H25N3O2.C2HF3O2/c1-17(23(24)28)25-20(12-11-18-7-3-2-4-8-18)13-14-22(27)26-16-15-19-9-5-6-10-21(19)26;3-2(4,5)1(6)7/h2-10,13-17,20,25H,11-12H2,1H3,(H2,24,28);(H,6,7)/b14-13+;/t17-,20-;/m0./s1. The van der Waals surface area contributed by atoms with E-state index in [1.807, 2.05) is 54.6 Å². The lowest BCUT2D eigenvalue weighted by molar-refractivity contribution is -0.192. The molecule has 0 spiro atoms. The normalized spacial score (nSPS) is 13.1. The molecule has 0 aliphatic carbocycles. The Morgan fingerprint density at radius 3 is 2.26 bits per heavy atom. The molecule has 35 heavy (non-hydrogen) atoms. The van der Waals surface area contributed by atoms with Crippen molar-refractivity contribution >= 4 is 28.7 Å². The van der Waals surface area contributed by atoms with E-state index in [2.05, 4.69) is 17.4 Å². The van der Waals surface area contributed by atoms with Gasteiger partial charge < -0.3 is 10.8 Å². The molecule has 0 unspecified atom stereocenters. The number of aromatic nitrogens is 1. The smallest absolute Gasteiger partial charge is 0.475 e. The molecule has 3 aromatic rings. The van der Waals surface area contributed by atoms with E-state index in [0.717, 1.165) is 23.7 Å². The van der Waals surface area contributed by atoms with Gasteiger partial charge in [-0.2, -0.15) is 13.2 Å². The molecule has 0 saturated heterocycles. The van der Waals surface area contributed by atoms with Crippen molar-refractivity contribution < 1.29 is 32.7 Å². The van der Waals surface area contributed by atoms with Crippen LogP contribution in [0.25, 0.3) is 10.9 Å². The van der Waals surface area contributed by atoms with E-state index in [4.69, 9.17) is 15.6 Å². The number of halogens is 3. The number of aryl methyl sites for hydroxylation is 1. The first-order chi connectivity index (χ1) is 16.5. The van der Waals surface area contributed by atoms with Gasteiger partial charge in [-0.1, -0.05) is 54.6 Å². The van der Waals surface area contributed by atoms with Gasteiger partial charge in [-0.3, -0.25) is 19.5 Å². The van der Waals surface area contributed by atoms with Crippen molar-refractivity contribution in [3.8, 4) is 0 Å². The third-order valence-corrected chi connectivity index (χ3v) is 5.03. The highest BCUT2D eigenvalue weighted by atomic mass is 19.4. The average molecular weight is 489 g/mol. The highest BCUT2D eigenvalue weighted by Crippen LogP contribution is 2.15. The third kappa shape index (κ3) is 8.74. The van der Waals surface area contributed by atoms with Crippen LogP contribution < -0.4 is 11.1 Å². The number of nitrogens with one attached hydrogen (secondary N) is 1. The fraction of sp³-hybridized carbons (Fsp3) is 0.240. The van der Waals surface area contributed by atoms with Crippen LogP contribution in [0.3, 0.4) is 0 Å². The van der Waals surface area contributed by atoms with Gasteiger partial charge in [0.25, 0.3) is 5.91 Å². The van der Waals surface area contributed by atoms with Crippen molar-refractivity contribution in [1.29, 1.82) is 0 Å². The summed E-state index contributed by atoms with van der Waals surface area (Å²) in [5.41, 5.74) is 7.47. The molecule has 0 radical (unpaired) electrons. The number of allylic oxidation sites excluding steroid dienone is 1. The molecule has 186 valence electrons. The molecule has 0 saturated carbocycles. The number of carboxylic acids is 1. The van der Waals surface area contributed by atoms with E-state index in [0.29, 0.717) is 0 Å². The summed E-state index contributed by atoms with van der Waals surface area (Å²) in [6.45, 7) is 1.73. The van der Waals surface area contributed by atoms with Crippen LogP contribution in [0.15, 0.2) is 79.0 Å². The number of fused-ring (bicyclic) bond motifs is 1. The first-order valence-corrected chi connectivity index (χ1v) is 10.7. The SMILES string of the molecule is C[C@H](N[C@H](/C=C/C(=O)n1ccc2ccccc21)CCc1ccccc1)C(N)=O.O=C(O)C(F)(F)F. The van der Waals surface area contributed by atoms with Gasteiger partial charge in [0, 0.05) is 23.7 Å². The average Bonchev–Trinajstić information content (AvgIpc) is 3.25. The number of carbonyl (C=O) groups excluding carboxylic acids is 2. The predicted octanol–water partition coefficient (Wildman–Crippen LogP) is 3.94. The summed E-state index contributed by atoms with van der Waals surface area (Å²) in [5.74, 6) is -3.30. The zero-order chi connectivity index (χ0) is 26.0. The monoisotopic (exact) mass is 489 g/mol. The minimum Gasteiger partial charge on any atom is -0.475 e. The number of hydrogen-bond donors (Lipinski definition) is 3. The van der Waals surface area contributed by atoms with Gasteiger partial charge in [0.2, 0.25) is 5.91 Å². The van der Waals surface area contributed by atoms with Gasteiger partial charge in [0.05, 0.1) is 11.6 Å². The van der Waals surface area contributed by atoms with Crippen LogP contribution in [0.1, 0.15) is 23.7 Å². The van der Waals surface area contributed by atoms with E-state index in [-0.39, 0.29) is 11.9 Å². The highest BCUT2D eigenvalue weighted by Gasteiger charge is 2.38. The predicted molar refractivity (Wildman–Crippen MR) is 126 cm³/mol. The van der Waals surface area contributed by atoms with Crippen molar-refractivity contribution in [3.05, 3.63) is 84.6 Å². The first-order valence-electron chi connectivity index (χ1n) is 10.7. The Labute approximate surface area is 200 Å². The van der Waals surface area contributed by atoms with Gasteiger partial charge in [-0.15, -0.1) is 0 Å². The number of benzene rings is 2.